The number of nitrogens with zero attached hydrogens (tertiary/aromatic N) is 5. The van der Waals surface area contributed by atoms with Crippen LogP contribution < -0.4 is 5.32 Å². The number of carbonyl (C=O) groups is 1. The van der Waals surface area contributed by atoms with Gasteiger partial charge in [0, 0.05) is 30.9 Å². The number of aryl methyl sites for hydroxylation is 2. The molecule has 0 spiro atoms. The summed E-state index contributed by atoms with van der Waals surface area (Å²) in [6.45, 7) is 7.75. The minimum absolute atomic E-state index is 0.00683. The molecule has 10 nitrogen and oxygen atoms in total. The zero-order chi connectivity index (χ0) is 24.3. The molecular formula is C22H26N6O4S. The average molecular weight is 471 g/mol. The van der Waals surface area contributed by atoms with E-state index in [-0.39, 0.29) is 28.7 Å². The topological polar surface area (TPSA) is 141 Å². The number of benzene rings is 1. The Balaban J connectivity index is 1.79. The first-order valence-electron chi connectivity index (χ1n) is 10.5. The second kappa shape index (κ2) is 9.56. The van der Waals surface area contributed by atoms with Crippen molar-refractivity contribution in [2.45, 2.75) is 45.4 Å². The SMILES string of the molecule is CCN(CC)S(=O)(=O)c1ccc(O)c(NC(=O)CCc2c(C)nc3c(C#N)cnn3c2C)c1. The van der Waals surface area contributed by atoms with Gasteiger partial charge in [-0.25, -0.2) is 17.9 Å². The smallest absolute Gasteiger partial charge is 0.243 e. The molecule has 2 N–H and O–H groups in total. The highest BCUT2D eigenvalue weighted by atomic mass is 32.2. The summed E-state index contributed by atoms with van der Waals surface area (Å²) in [6.07, 6.45) is 1.88. The number of phenols is 1. The monoisotopic (exact) mass is 470 g/mol. The quantitative estimate of drug-likeness (QED) is 0.482. The Bertz CT molecular complexity index is 1350. The third-order valence-electron chi connectivity index (χ3n) is 5.52. The van der Waals surface area contributed by atoms with Gasteiger partial charge in [-0.3, -0.25) is 4.79 Å². The number of aromatic nitrogens is 3. The van der Waals surface area contributed by atoms with Gasteiger partial charge in [0.15, 0.2) is 5.65 Å². The van der Waals surface area contributed by atoms with E-state index < -0.39 is 10.0 Å². The molecule has 33 heavy (non-hydrogen) atoms. The van der Waals surface area contributed by atoms with Crippen LogP contribution in [0.2, 0.25) is 0 Å². The van der Waals surface area contributed by atoms with Gasteiger partial charge in [0.2, 0.25) is 15.9 Å². The van der Waals surface area contributed by atoms with Crippen LogP contribution >= 0.6 is 0 Å². The summed E-state index contributed by atoms with van der Waals surface area (Å²) < 4.78 is 28.4. The fourth-order valence-electron chi connectivity index (χ4n) is 3.69. The number of fused-ring (bicyclic) bond motifs is 1. The Labute approximate surface area is 192 Å². The highest BCUT2D eigenvalue weighted by molar-refractivity contribution is 7.89. The van der Waals surface area contributed by atoms with Gasteiger partial charge in [0.05, 0.1) is 16.8 Å². The second-order valence-electron chi connectivity index (χ2n) is 7.48. The van der Waals surface area contributed by atoms with Crippen LogP contribution in [0.3, 0.4) is 0 Å². The van der Waals surface area contributed by atoms with Crippen LogP contribution in [-0.4, -0.2) is 51.4 Å². The van der Waals surface area contributed by atoms with E-state index in [1.807, 2.05) is 13.8 Å². The van der Waals surface area contributed by atoms with Crippen molar-refractivity contribution in [3.63, 3.8) is 0 Å². The molecule has 0 radical (unpaired) electrons. The molecule has 174 valence electrons. The Morgan fingerprint density at radius 2 is 1.97 bits per heavy atom. The van der Waals surface area contributed by atoms with Crippen LogP contribution in [-0.2, 0) is 21.2 Å². The first kappa shape index (κ1) is 24.2. The van der Waals surface area contributed by atoms with Crippen molar-refractivity contribution in [2.24, 2.45) is 0 Å². The lowest BCUT2D eigenvalue weighted by atomic mass is 10.1. The maximum absolute atomic E-state index is 12.8. The van der Waals surface area contributed by atoms with Crippen LogP contribution in [0.4, 0.5) is 5.69 Å². The molecule has 2 aromatic heterocycles. The van der Waals surface area contributed by atoms with Crippen LogP contribution in [0.25, 0.3) is 5.65 Å². The Morgan fingerprint density at radius 3 is 2.61 bits per heavy atom. The van der Waals surface area contributed by atoms with Gasteiger partial charge in [-0.05, 0) is 44.0 Å². The van der Waals surface area contributed by atoms with Crippen LogP contribution in [0.15, 0.2) is 29.3 Å². The largest absolute Gasteiger partial charge is 0.506 e. The van der Waals surface area contributed by atoms with Crippen molar-refractivity contribution in [1.29, 1.82) is 5.26 Å². The van der Waals surface area contributed by atoms with Gasteiger partial charge in [-0.15, -0.1) is 0 Å². The normalized spacial score (nSPS) is 11.6. The van der Waals surface area contributed by atoms with Crippen molar-refractivity contribution in [2.75, 3.05) is 18.4 Å². The number of phenolic OH excluding ortho intramolecular Hbond substituents is 1. The third-order valence-corrected chi connectivity index (χ3v) is 7.56. The molecule has 3 rings (SSSR count). The first-order chi connectivity index (χ1) is 15.6. The predicted octanol–water partition coefficient (Wildman–Crippen LogP) is 2.53. The number of sulfonamides is 1. The maximum atomic E-state index is 12.8. The lowest BCUT2D eigenvalue weighted by molar-refractivity contribution is -0.116. The lowest BCUT2D eigenvalue weighted by Crippen LogP contribution is -2.30. The summed E-state index contributed by atoms with van der Waals surface area (Å²) in [6, 6.07) is 5.88. The number of carbonyl (C=O) groups excluding carboxylic acids is 1. The van der Waals surface area contributed by atoms with Gasteiger partial charge in [-0.2, -0.15) is 14.7 Å². The molecule has 0 saturated carbocycles. The second-order valence-corrected chi connectivity index (χ2v) is 9.42. The molecule has 0 saturated heterocycles. The lowest BCUT2D eigenvalue weighted by Gasteiger charge is -2.19. The number of rotatable bonds is 8. The fourth-order valence-corrected chi connectivity index (χ4v) is 5.18. The Morgan fingerprint density at radius 1 is 1.27 bits per heavy atom. The minimum Gasteiger partial charge on any atom is -0.506 e. The number of aromatic hydroxyl groups is 1. The number of amides is 1. The fraction of sp³-hybridized carbons (Fsp3) is 0.364. The molecule has 0 aliphatic heterocycles. The van der Waals surface area contributed by atoms with E-state index in [2.05, 4.69) is 21.5 Å². The van der Waals surface area contributed by atoms with E-state index in [4.69, 9.17) is 0 Å². The highest BCUT2D eigenvalue weighted by Crippen LogP contribution is 2.28. The summed E-state index contributed by atoms with van der Waals surface area (Å²) in [4.78, 5) is 17.1. The standard InChI is InChI=1S/C22H26N6O4S/c1-5-27(6-2)33(31,32)17-7-9-20(29)19(11-17)26-21(30)10-8-18-14(3)25-22-16(12-23)13-24-28(22)15(18)4/h7,9,11,13,29H,5-6,8,10H2,1-4H3,(H,26,30). The summed E-state index contributed by atoms with van der Waals surface area (Å²) in [5.74, 6) is -0.613. The summed E-state index contributed by atoms with van der Waals surface area (Å²) in [7, 11) is -3.73. The van der Waals surface area contributed by atoms with Gasteiger partial charge in [0.25, 0.3) is 0 Å². The summed E-state index contributed by atoms with van der Waals surface area (Å²) >= 11 is 0. The molecule has 3 aromatic rings. The van der Waals surface area contributed by atoms with E-state index in [1.165, 1.54) is 28.7 Å². The van der Waals surface area contributed by atoms with E-state index in [9.17, 15) is 23.6 Å². The van der Waals surface area contributed by atoms with Gasteiger partial charge in [-0.1, -0.05) is 13.8 Å². The Kier molecular flexibility index (Phi) is 7.00. The first-order valence-corrected chi connectivity index (χ1v) is 11.9. The Hall–Kier alpha value is -3.49. The molecule has 0 bridgehead atoms. The zero-order valence-corrected chi connectivity index (χ0v) is 19.8. The summed E-state index contributed by atoms with van der Waals surface area (Å²) in [5, 5.41) is 26.1. The van der Waals surface area contributed by atoms with Crippen molar-refractivity contribution >= 4 is 27.3 Å². The molecule has 0 atom stereocenters. The number of hydrogen-bond acceptors (Lipinski definition) is 7. The van der Waals surface area contributed by atoms with Crippen molar-refractivity contribution in [3.05, 3.63) is 46.9 Å². The number of nitriles is 1. The van der Waals surface area contributed by atoms with Crippen LogP contribution in [0.1, 0.15) is 42.8 Å². The zero-order valence-electron chi connectivity index (χ0n) is 19.0. The molecular weight excluding hydrogens is 444 g/mol. The molecule has 0 unspecified atom stereocenters. The van der Waals surface area contributed by atoms with E-state index in [0.29, 0.717) is 36.4 Å². The highest BCUT2D eigenvalue weighted by Gasteiger charge is 2.23. The molecule has 0 aliphatic rings. The summed E-state index contributed by atoms with van der Waals surface area (Å²) in [5.41, 5.74) is 3.17. The molecule has 2 heterocycles. The third kappa shape index (κ3) is 4.67. The molecule has 1 aromatic carbocycles. The van der Waals surface area contributed by atoms with Gasteiger partial charge >= 0.3 is 0 Å². The molecule has 0 fully saturated rings. The van der Waals surface area contributed by atoms with Crippen molar-refractivity contribution < 1.29 is 18.3 Å². The van der Waals surface area contributed by atoms with Crippen LogP contribution in [0.5, 0.6) is 5.75 Å². The van der Waals surface area contributed by atoms with Crippen molar-refractivity contribution in [3.8, 4) is 11.8 Å². The number of hydrogen-bond donors (Lipinski definition) is 2. The van der Waals surface area contributed by atoms with E-state index in [1.54, 1.807) is 18.4 Å². The van der Waals surface area contributed by atoms with Gasteiger partial charge < -0.3 is 10.4 Å². The van der Waals surface area contributed by atoms with Gasteiger partial charge in [0.1, 0.15) is 17.4 Å². The molecule has 11 heteroatoms. The number of anilines is 1. The minimum atomic E-state index is -3.73. The molecule has 0 aliphatic carbocycles. The van der Waals surface area contributed by atoms with Crippen LogP contribution in [0, 0.1) is 25.2 Å². The van der Waals surface area contributed by atoms with E-state index >= 15 is 0 Å². The maximum Gasteiger partial charge on any atom is 0.243 e. The number of nitrogens with one attached hydrogen (secondary N) is 1. The van der Waals surface area contributed by atoms with Crippen molar-refractivity contribution in [1.82, 2.24) is 18.9 Å². The van der Waals surface area contributed by atoms with E-state index in [0.717, 1.165) is 11.3 Å². The average Bonchev–Trinajstić information content (AvgIpc) is 3.18. The molecule has 1 amide bonds. The predicted molar refractivity (Wildman–Crippen MR) is 122 cm³/mol.